The highest BCUT2D eigenvalue weighted by atomic mass is 19.4. The van der Waals surface area contributed by atoms with E-state index in [1.54, 1.807) is 24.3 Å². The molecule has 0 saturated carbocycles. The zero-order valence-electron chi connectivity index (χ0n) is 18.8. The number of ether oxygens (including phenoxy) is 1. The standard InChI is InChI=1S/C24H25F3N4O3/c1-3-15(2)34-19-9-7-17(8-10-19)22-29-23(33)20(30-31-22)11-12-21(32)28-14-16-5-4-6-18(13-16)24(25,26)27/h4-10,13,15H,3,11-12,14H2,1-2H3,(H,28,32)(H,29,31,33). The van der Waals surface area contributed by atoms with Gasteiger partial charge in [0.1, 0.15) is 11.4 Å². The van der Waals surface area contributed by atoms with Gasteiger partial charge in [-0.05, 0) is 55.3 Å². The summed E-state index contributed by atoms with van der Waals surface area (Å²) < 4.78 is 44.1. The van der Waals surface area contributed by atoms with Gasteiger partial charge in [-0.2, -0.15) is 13.2 Å². The van der Waals surface area contributed by atoms with Crippen molar-refractivity contribution in [1.82, 2.24) is 20.5 Å². The number of aryl methyl sites for hydroxylation is 1. The van der Waals surface area contributed by atoms with Crippen molar-refractivity contribution in [1.29, 1.82) is 0 Å². The lowest BCUT2D eigenvalue weighted by molar-refractivity contribution is -0.137. The summed E-state index contributed by atoms with van der Waals surface area (Å²) in [5.74, 6) is 0.582. The van der Waals surface area contributed by atoms with Crippen molar-refractivity contribution in [3.05, 3.63) is 75.7 Å². The van der Waals surface area contributed by atoms with Gasteiger partial charge in [-0.1, -0.05) is 19.1 Å². The van der Waals surface area contributed by atoms with Crippen LogP contribution in [0.3, 0.4) is 0 Å². The van der Waals surface area contributed by atoms with Crippen LogP contribution in [-0.2, 0) is 23.9 Å². The fourth-order valence-corrected chi connectivity index (χ4v) is 3.04. The summed E-state index contributed by atoms with van der Waals surface area (Å²) in [5, 5.41) is 10.5. The van der Waals surface area contributed by atoms with Crippen molar-refractivity contribution >= 4 is 5.91 Å². The lowest BCUT2D eigenvalue weighted by atomic mass is 10.1. The normalized spacial score (nSPS) is 12.3. The van der Waals surface area contributed by atoms with Gasteiger partial charge in [-0.3, -0.25) is 9.59 Å². The molecule has 1 heterocycles. The Morgan fingerprint density at radius 3 is 2.53 bits per heavy atom. The Kier molecular flexibility index (Phi) is 8.04. The molecule has 0 radical (unpaired) electrons. The molecule has 2 N–H and O–H groups in total. The van der Waals surface area contributed by atoms with Crippen molar-refractivity contribution in [2.24, 2.45) is 0 Å². The minimum atomic E-state index is -4.45. The lowest BCUT2D eigenvalue weighted by Crippen LogP contribution is -2.25. The van der Waals surface area contributed by atoms with Crippen LogP contribution in [0.15, 0.2) is 53.3 Å². The van der Waals surface area contributed by atoms with Crippen LogP contribution in [-0.4, -0.2) is 27.2 Å². The molecule has 1 atom stereocenters. The van der Waals surface area contributed by atoms with Crippen molar-refractivity contribution in [3.63, 3.8) is 0 Å². The molecule has 1 amide bonds. The van der Waals surface area contributed by atoms with E-state index in [2.05, 4.69) is 20.5 Å². The maximum absolute atomic E-state index is 12.8. The van der Waals surface area contributed by atoms with E-state index in [4.69, 9.17) is 4.74 Å². The predicted molar refractivity (Wildman–Crippen MR) is 120 cm³/mol. The van der Waals surface area contributed by atoms with Gasteiger partial charge in [-0.25, -0.2) is 0 Å². The molecular weight excluding hydrogens is 449 g/mol. The minimum Gasteiger partial charge on any atom is -0.491 e. The zero-order valence-corrected chi connectivity index (χ0v) is 18.8. The molecule has 1 aromatic heterocycles. The second kappa shape index (κ2) is 11.0. The van der Waals surface area contributed by atoms with Crippen LogP contribution in [0.5, 0.6) is 5.75 Å². The Balaban J connectivity index is 1.55. The maximum atomic E-state index is 12.8. The van der Waals surface area contributed by atoms with E-state index in [0.717, 1.165) is 18.6 Å². The highest BCUT2D eigenvalue weighted by Crippen LogP contribution is 2.29. The molecule has 0 aliphatic heterocycles. The lowest BCUT2D eigenvalue weighted by Gasteiger charge is -2.12. The van der Waals surface area contributed by atoms with Crippen LogP contribution in [0.1, 0.15) is 43.5 Å². The number of hydrogen-bond donors (Lipinski definition) is 2. The van der Waals surface area contributed by atoms with Gasteiger partial charge in [0.25, 0.3) is 5.56 Å². The number of aromatic amines is 1. The number of aromatic nitrogens is 3. The molecule has 3 rings (SSSR count). The van der Waals surface area contributed by atoms with E-state index in [9.17, 15) is 22.8 Å². The predicted octanol–water partition coefficient (Wildman–Crippen LogP) is 4.28. The molecule has 2 aromatic carbocycles. The van der Waals surface area contributed by atoms with Crippen molar-refractivity contribution in [2.75, 3.05) is 0 Å². The quantitative estimate of drug-likeness (QED) is 0.483. The number of carbonyl (C=O) groups excluding carboxylic acids is 1. The summed E-state index contributed by atoms with van der Waals surface area (Å²) in [7, 11) is 0. The van der Waals surface area contributed by atoms with Gasteiger partial charge in [0.2, 0.25) is 5.91 Å². The Bertz CT molecular complexity index is 1180. The second-order valence-electron chi connectivity index (χ2n) is 7.79. The minimum absolute atomic E-state index is 0.0404. The number of benzene rings is 2. The molecule has 0 fully saturated rings. The Morgan fingerprint density at radius 2 is 1.88 bits per heavy atom. The van der Waals surface area contributed by atoms with E-state index in [1.807, 2.05) is 13.8 Å². The molecule has 0 bridgehead atoms. The van der Waals surface area contributed by atoms with Crippen LogP contribution in [0.25, 0.3) is 11.4 Å². The zero-order chi connectivity index (χ0) is 24.7. The van der Waals surface area contributed by atoms with Crippen molar-refractivity contribution in [3.8, 4) is 17.1 Å². The highest BCUT2D eigenvalue weighted by molar-refractivity contribution is 5.76. The molecule has 0 spiro atoms. The van der Waals surface area contributed by atoms with Gasteiger partial charge in [-0.15, -0.1) is 10.2 Å². The SMILES string of the molecule is CCC(C)Oc1ccc(-c2nnc(CCC(=O)NCc3cccc(C(F)(F)F)c3)c(=O)[nH]2)cc1. The topological polar surface area (TPSA) is 97.0 Å². The fourth-order valence-electron chi connectivity index (χ4n) is 3.04. The summed E-state index contributed by atoms with van der Waals surface area (Å²) in [6.07, 6.45) is -3.50. The van der Waals surface area contributed by atoms with Gasteiger partial charge < -0.3 is 15.0 Å². The van der Waals surface area contributed by atoms with Crippen LogP contribution >= 0.6 is 0 Å². The van der Waals surface area contributed by atoms with E-state index in [1.165, 1.54) is 12.1 Å². The number of hydrogen-bond acceptors (Lipinski definition) is 5. The van der Waals surface area contributed by atoms with E-state index < -0.39 is 23.2 Å². The maximum Gasteiger partial charge on any atom is 0.416 e. The number of nitrogens with one attached hydrogen (secondary N) is 2. The third-order valence-corrected chi connectivity index (χ3v) is 5.14. The molecular formula is C24H25F3N4O3. The summed E-state index contributed by atoms with van der Waals surface area (Å²) in [6, 6.07) is 11.8. The highest BCUT2D eigenvalue weighted by Gasteiger charge is 2.30. The summed E-state index contributed by atoms with van der Waals surface area (Å²) in [5.41, 5.74) is -0.165. The van der Waals surface area contributed by atoms with E-state index in [0.29, 0.717) is 16.9 Å². The Hall–Kier alpha value is -3.69. The number of amides is 1. The number of carbonyl (C=O) groups is 1. The van der Waals surface area contributed by atoms with E-state index >= 15 is 0 Å². The first-order valence-electron chi connectivity index (χ1n) is 10.8. The van der Waals surface area contributed by atoms with Crippen LogP contribution in [0.4, 0.5) is 13.2 Å². The first-order chi connectivity index (χ1) is 16.2. The molecule has 0 aliphatic rings. The van der Waals surface area contributed by atoms with Crippen LogP contribution in [0.2, 0.25) is 0 Å². The van der Waals surface area contributed by atoms with E-state index in [-0.39, 0.29) is 37.0 Å². The molecule has 0 saturated heterocycles. The van der Waals surface area contributed by atoms with Gasteiger partial charge >= 0.3 is 6.18 Å². The smallest absolute Gasteiger partial charge is 0.416 e. The van der Waals surface area contributed by atoms with Crippen LogP contribution in [0, 0.1) is 0 Å². The number of H-pyrrole nitrogens is 1. The third-order valence-electron chi connectivity index (χ3n) is 5.14. The number of alkyl halides is 3. The number of nitrogens with zero attached hydrogens (tertiary/aromatic N) is 2. The fraction of sp³-hybridized carbons (Fsp3) is 0.333. The molecule has 1 unspecified atom stereocenters. The Labute approximate surface area is 194 Å². The largest absolute Gasteiger partial charge is 0.491 e. The molecule has 0 aliphatic carbocycles. The molecule has 7 nitrogen and oxygen atoms in total. The molecule has 10 heteroatoms. The second-order valence-corrected chi connectivity index (χ2v) is 7.79. The summed E-state index contributed by atoms with van der Waals surface area (Å²) >= 11 is 0. The number of halogens is 3. The average molecular weight is 474 g/mol. The third kappa shape index (κ3) is 6.90. The van der Waals surface area contributed by atoms with Gasteiger partial charge in [0, 0.05) is 24.9 Å². The monoisotopic (exact) mass is 474 g/mol. The van der Waals surface area contributed by atoms with Crippen LogP contribution < -0.4 is 15.6 Å². The Morgan fingerprint density at radius 1 is 1.15 bits per heavy atom. The first-order valence-corrected chi connectivity index (χ1v) is 10.8. The summed E-state index contributed by atoms with van der Waals surface area (Å²) in [6.45, 7) is 3.95. The van der Waals surface area contributed by atoms with Crippen molar-refractivity contribution < 1.29 is 22.7 Å². The first kappa shape index (κ1) is 24.9. The average Bonchev–Trinajstić information content (AvgIpc) is 2.82. The van der Waals surface area contributed by atoms with Gasteiger partial charge in [0.05, 0.1) is 11.7 Å². The van der Waals surface area contributed by atoms with Crippen molar-refractivity contribution in [2.45, 2.75) is 51.9 Å². The molecule has 180 valence electrons. The summed E-state index contributed by atoms with van der Waals surface area (Å²) in [4.78, 5) is 27.1. The van der Waals surface area contributed by atoms with Gasteiger partial charge in [0.15, 0.2) is 5.82 Å². The number of rotatable bonds is 9. The molecule has 3 aromatic rings. The molecule has 34 heavy (non-hydrogen) atoms.